The van der Waals surface area contributed by atoms with Crippen LogP contribution in [0.25, 0.3) is 0 Å². The third kappa shape index (κ3) is 3.96. The number of hydrogen-bond donors (Lipinski definition) is 0. The van der Waals surface area contributed by atoms with Crippen molar-refractivity contribution in [3.05, 3.63) is 0 Å². The van der Waals surface area contributed by atoms with Crippen LogP contribution in [0.15, 0.2) is 0 Å². The quantitative estimate of drug-likeness (QED) is 0.757. The lowest BCUT2D eigenvalue weighted by atomic mass is 9.98. The molecule has 1 rings (SSSR count). The Balaban J connectivity index is 2.50. The molecule has 1 aliphatic rings. The van der Waals surface area contributed by atoms with E-state index in [1.54, 1.807) is 0 Å². The number of nitrogens with zero attached hydrogens (tertiary/aromatic N) is 2. The molecule has 0 aromatic heterocycles. The van der Waals surface area contributed by atoms with E-state index in [4.69, 9.17) is 4.84 Å². The van der Waals surface area contributed by atoms with Crippen molar-refractivity contribution in [3.63, 3.8) is 0 Å². The first-order valence-electron chi connectivity index (χ1n) is 6.59. The van der Waals surface area contributed by atoms with Crippen LogP contribution < -0.4 is 0 Å². The normalized spacial score (nSPS) is 23.7. The summed E-state index contributed by atoms with van der Waals surface area (Å²) >= 11 is 0. The molecule has 17 heavy (non-hydrogen) atoms. The fourth-order valence-corrected chi connectivity index (χ4v) is 2.01. The smallest absolute Gasteiger partial charge is 0.330 e. The molecule has 0 N–H and O–H groups in total. The van der Waals surface area contributed by atoms with Gasteiger partial charge in [0.15, 0.2) is 0 Å². The summed E-state index contributed by atoms with van der Waals surface area (Å²) < 4.78 is 0. The Morgan fingerprint density at radius 2 is 1.94 bits per heavy atom. The summed E-state index contributed by atoms with van der Waals surface area (Å²) in [6.45, 7) is 13.7. The van der Waals surface area contributed by atoms with Crippen LogP contribution in [-0.2, 0) is 9.63 Å². The van der Waals surface area contributed by atoms with E-state index in [0.717, 1.165) is 32.6 Å². The van der Waals surface area contributed by atoms with Gasteiger partial charge in [-0.25, -0.2) is 4.79 Å². The van der Waals surface area contributed by atoms with Crippen LogP contribution in [0, 0.1) is 5.41 Å². The predicted octanol–water partition coefficient (Wildman–Crippen LogP) is 1.91. The van der Waals surface area contributed by atoms with Gasteiger partial charge in [-0.3, -0.25) is 4.90 Å². The van der Waals surface area contributed by atoms with Gasteiger partial charge in [0.25, 0.3) is 0 Å². The van der Waals surface area contributed by atoms with Crippen molar-refractivity contribution in [1.29, 1.82) is 0 Å². The average Bonchev–Trinajstić information content (AvgIpc) is 2.27. The summed E-state index contributed by atoms with van der Waals surface area (Å²) in [6, 6.07) is 0.501. The molecule has 0 unspecified atom stereocenters. The first kappa shape index (κ1) is 14.5. The topological polar surface area (TPSA) is 32.8 Å². The van der Waals surface area contributed by atoms with Gasteiger partial charge in [0, 0.05) is 19.1 Å². The number of carbonyl (C=O) groups excluding carboxylic acids is 1. The number of likely N-dealkylation sites (N-methyl/N-ethyl adjacent to an activating group) is 1. The van der Waals surface area contributed by atoms with E-state index in [9.17, 15) is 4.79 Å². The van der Waals surface area contributed by atoms with Crippen LogP contribution in [0.3, 0.4) is 0 Å². The second-order valence-electron chi connectivity index (χ2n) is 5.71. The number of hydroxylamine groups is 2. The van der Waals surface area contributed by atoms with Crippen molar-refractivity contribution < 1.29 is 9.63 Å². The molecule has 1 saturated heterocycles. The van der Waals surface area contributed by atoms with E-state index in [1.165, 1.54) is 0 Å². The van der Waals surface area contributed by atoms with Crippen LogP contribution in [0.5, 0.6) is 0 Å². The van der Waals surface area contributed by atoms with Crippen molar-refractivity contribution >= 4 is 5.97 Å². The Labute approximate surface area is 105 Å². The summed E-state index contributed by atoms with van der Waals surface area (Å²) in [7, 11) is 0. The predicted molar refractivity (Wildman–Crippen MR) is 68.4 cm³/mol. The maximum atomic E-state index is 11.8. The highest BCUT2D eigenvalue weighted by atomic mass is 16.7. The fourth-order valence-electron chi connectivity index (χ4n) is 2.01. The Kier molecular flexibility index (Phi) is 4.95. The van der Waals surface area contributed by atoms with Crippen LogP contribution in [0.4, 0.5) is 0 Å². The second-order valence-corrected chi connectivity index (χ2v) is 5.71. The summed E-state index contributed by atoms with van der Waals surface area (Å²) in [5.41, 5.74) is -0.427. The van der Waals surface area contributed by atoms with E-state index >= 15 is 0 Å². The van der Waals surface area contributed by atoms with Gasteiger partial charge in [-0.2, -0.15) is 0 Å². The number of piperazine rings is 1. The number of hydrogen-bond acceptors (Lipinski definition) is 4. The molecule has 0 aromatic rings. The summed E-state index contributed by atoms with van der Waals surface area (Å²) in [6.07, 6.45) is 1.09. The zero-order chi connectivity index (χ0) is 13.1. The third-order valence-corrected chi connectivity index (χ3v) is 3.27. The van der Waals surface area contributed by atoms with Gasteiger partial charge in [-0.05, 0) is 33.7 Å². The van der Waals surface area contributed by atoms with Crippen LogP contribution in [-0.4, -0.2) is 48.2 Å². The molecule has 0 saturated carbocycles. The van der Waals surface area contributed by atoms with Gasteiger partial charge in [-0.15, -0.1) is 5.06 Å². The number of rotatable bonds is 3. The van der Waals surface area contributed by atoms with E-state index in [2.05, 4.69) is 18.7 Å². The van der Waals surface area contributed by atoms with Crippen molar-refractivity contribution in [1.82, 2.24) is 9.96 Å². The highest BCUT2D eigenvalue weighted by Gasteiger charge is 2.30. The Bertz CT molecular complexity index is 261. The standard InChI is InChI=1S/C13H26N2O2/c1-6-11-10-15(9-8-14(11)7-2)17-12(16)13(3,4)5/h11H,6-10H2,1-5H3/t11-/m0/s1. The maximum absolute atomic E-state index is 11.8. The van der Waals surface area contributed by atoms with Crippen molar-refractivity contribution in [2.24, 2.45) is 5.41 Å². The largest absolute Gasteiger partial charge is 0.367 e. The van der Waals surface area contributed by atoms with Crippen LogP contribution >= 0.6 is 0 Å². The molecule has 0 amide bonds. The van der Waals surface area contributed by atoms with Crippen molar-refractivity contribution in [2.45, 2.75) is 47.1 Å². The lowest BCUT2D eigenvalue weighted by molar-refractivity contribution is -0.211. The molecule has 100 valence electrons. The Morgan fingerprint density at radius 1 is 1.29 bits per heavy atom. The molecule has 0 aromatic carbocycles. The summed E-state index contributed by atoms with van der Waals surface area (Å²) in [5.74, 6) is -0.141. The van der Waals surface area contributed by atoms with Gasteiger partial charge < -0.3 is 4.84 Å². The molecular formula is C13H26N2O2. The van der Waals surface area contributed by atoms with Gasteiger partial charge >= 0.3 is 5.97 Å². The van der Waals surface area contributed by atoms with Gasteiger partial charge in [0.05, 0.1) is 12.0 Å². The summed E-state index contributed by atoms with van der Waals surface area (Å²) in [4.78, 5) is 19.7. The summed E-state index contributed by atoms with van der Waals surface area (Å²) in [5, 5.41) is 1.83. The van der Waals surface area contributed by atoms with Gasteiger partial charge in [0.1, 0.15) is 0 Å². The lowest BCUT2D eigenvalue weighted by Gasteiger charge is -2.40. The second kappa shape index (κ2) is 5.83. The van der Waals surface area contributed by atoms with E-state index in [0.29, 0.717) is 6.04 Å². The number of carbonyl (C=O) groups is 1. The minimum absolute atomic E-state index is 0.141. The van der Waals surface area contributed by atoms with Gasteiger partial charge in [0.2, 0.25) is 0 Å². The molecular weight excluding hydrogens is 216 g/mol. The third-order valence-electron chi connectivity index (χ3n) is 3.27. The molecule has 0 aliphatic carbocycles. The lowest BCUT2D eigenvalue weighted by Crippen LogP contribution is -2.53. The molecule has 1 fully saturated rings. The highest BCUT2D eigenvalue weighted by Crippen LogP contribution is 2.18. The van der Waals surface area contributed by atoms with Crippen molar-refractivity contribution in [3.8, 4) is 0 Å². The molecule has 0 bridgehead atoms. The molecule has 1 aliphatic heterocycles. The molecule has 4 heteroatoms. The van der Waals surface area contributed by atoms with E-state index < -0.39 is 5.41 Å². The SMILES string of the molecule is CC[C@H]1CN(OC(=O)C(C)(C)C)CCN1CC. The minimum Gasteiger partial charge on any atom is -0.367 e. The maximum Gasteiger partial charge on any atom is 0.330 e. The zero-order valence-corrected chi connectivity index (χ0v) is 11.8. The Morgan fingerprint density at radius 3 is 2.41 bits per heavy atom. The Hall–Kier alpha value is -0.610. The first-order valence-corrected chi connectivity index (χ1v) is 6.59. The monoisotopic (exact) mass is 242 g/mol. The molecule has 1 atom stereocenters. The van der Waals surface area contributed by atoms with E-state index in [-0.39, 0.29) is 5.97 Å². The minimum atomic E-state index is -0.427. The zero-order valence-electron chi connectivity index (χ0n) is 11.8. The van der Waals surface area contributed by atoms with Gasteiger partial charge in [-0.1, -0.05) is 13.8 Å². The average molecular weight is 242 g/mol. The molecule has 0 spiro atoms. The first-order chi connectivity index (χ1) is 7.88. The fraction of sp³-hybridized carbons (Fsp3) is 0.923. The van der Waals surface area contributed by atoms with E-state index in [1.807, 2.05) is 25.8 Å². The van der Waals surface area contributed by atoms with Crippen molar-refractivity contribution in [2.75, 3.05) is 26.2 Å². The molecule has 1 heterocycles. The highest BCUT2D eigenvalue weighted by molar-refractivity contribution is 5.75. The molecule has 4 nitrogen and oxygen atoms in total. The van der Waals surface area contributed by atoms with Crippen LogP contribution in [0.1, 0.15) is 41.0 Å². The van der Waals surface area contributed by atoms with Crippen LogP contribution in [0.2, 0.25) is 0 Å². The molecule has 0 radical (unpaired) electrons.